The van der Waals surface area contributed by atoms with E-state index >= 15 is 0 Å². The van der Waals surface area contributed by atoms with Gasteiger partial charge < -0.3 is 5.32 Å². The lowest BCUT2D eigenvalue weighted by Crippen LogP contribution is -2.12. The Bertz CT molecular complexity index is 537. The van der Waals surface area contributed by atoms with Gasteiger partial charge in [0.25, 0.3) is 0 Å². The standard InChI is InChI=1S/C13H15ClFN3/c1-9(2)8-17-13-16-6-7-18(13)11-5-3-4-10(14)12(11)15/h3-7,9H,8H2,1-2H3,(H,16,17). The van der Waals surface area contributed by atoms with Gasteiger partial charge in [0.15, 0.2) is 5.82 Å². The maximum Gasteiger partial charge on any atom is 0.207 e. The normalized spacial score (nSPS) is 10.9. The first-order valence-corrected chi connectivity index (χ1v) is 6.19. The maximum atomic E-state index is 13.9. The minimum atomic E-state index is -0.440. The Morgan fingerprint density at radius 3 is 2.94 bits per heavy atom. The van der Waals surface area contributed by atoms with Crippen molar-refractivity contribution in [2.75, 3.05) is 11.9 Å². The molecule has 5 heteroatoms. The number of nitrogens with one attached hydrogen (secondary N) is 1. The van der Waals surface area contributed by atoms with E-state index in [1.807, 2.05) is 0 Å². The summed E-state index contributed by atoms with van der Waals surface area (Å²) < 4.78 is 15.6. The van der Waals surface area contributed by atoms with Crippen LogP contribution in [0.1, 0.15) is 13.8 Å². The van der Waals surface area contributed by atoms with Gasteiger partial charge in [-0.3, -0.25) is 4.57 Å². The molecule has 0 saturated heterocycles. The second kappa shape index (κ2) is 5.40. The van der Waals surface area contributed by atoms with Gasteiger partial charge in [-0.1, -0.05) is 31.5 Å². The number of nitrogens with zero attached hydrogens (tertiary/aromatic N) is 2. The highest BCUT2D eigenvalue weighted by Crippen LogP contribution is 2.23. The van der Waals surface area contributed by atoms with Crippen molar-refractivity contribution in [1.82, 2.24) is 9.55 Å². The molecule has 0 aliphatic carbocycles. The van der Waals surface area contributed by atoms with Gasteiger partial charge in [-0.25, -0.2) is 9.37 Å². The number of imidazole rings is 1. The number of anilines is 1. The fourth-order valence-corrected chi connectivity index (χ4v) is 1.77. The Labute approximate surface area is 111 Å². The molecule has 0 atom stereocenters. The van der Waals surface area contributed by atoms with Crippen LogP contribution in [0.25, 0.3) is 5.69 Å². The summed E-state index contributed by atoms with van der Waals surface area (Å²) in [7, 11) is 0. The molecule has 0 radical (unpaired) electrons. The number of hydrogen-bond donors (Lipinski definition) is 1. The van der Waals surface area contributed by atoms with Crippen LogP contribution in [0.2, 0.25) is 5.02 Å². The second-order valence-corrected chi connectivity index (χ2v) is 4.88. The minimum Gasteiger partial charge on any atom is -0.355 e. The molecule has 0 aliphatic rings. The van der Waals surface area contributed by atoms with Crippen LogP contribution in [0.4, 0.5) is 10.3 Å². The number of benzene rings is 1. The van der Waals surface area contributed by atoms with E-state index in [1.54, 1.807) is 29.1 Å². The molecule has 3 nitrogen and oxygen atoms in total. The van der Waals surface area contributed by atoms with E-state index in [0.717, 1.165) is 6.54 Å². The monoisotopic (exact) mass is 267 g/mol. The highest BCUT2D eigenvalue weighted by Gasteiger charge is 2.11. The SMILES string of the molecule is CC(C)CNc1nccn1-c1cccc(Cl)c1F. The van der Waals surface area contributed by atoms with Crippen molar-refractivity contribution >= 4 is 17.5 Å². The molecule has 0 amide bonds. The van der Waals surface area contributed by atoms with E-state index in [9.17, 15) is 4.39 Å². The summed E-state index contributed by atoms with van der Waals surface area (Å²) in [5, 5.41) is 3.29. The second-order valence-electron chi connectivity index (χ2n) is 4.47. The Morgan fingerprint density at radius 1 is 1.44 bits per heavy atom. The molecule has 0 spiro atoms. The van der Waals surface area contributed by atoms with Gasteiger partial charge in [-0.2, -0.15) is 0 Å². The van der Waals surface area contributed by atoms with Crippen molar-refractivity contribution in [3.05, 3.63) is 41.4 Å². The molecule has 2 aromatic rings. The number of halogens is 2. The summed E-state index contributed by atoms with van der Waals surface area (Å²) in [6, 6.07) is 4.91. The molecular formula is C13H15ClFN3. The molecule has 0 fully saturated rings. The predicted octanol–water partition coefficient (Wildman–Crippen LogP) is 3.73. The highest BCUT2D eigenvalue weighted by molar-refractivity contribution is 6.30. The molecule has 0 bridgehead atoms. The van der Waals surface area contributed by atoms with Crippen LogP contribution in [0.3, 0.4) is 0 Å². The Morgan fingerprint density at radius 2 is 2.22 bits per heavy atom. The summed E-state index contributed by atoms with van der Waals surface area (Å²) in [4.78, 5) is 4.18. The fraction of sp³-hybridized carbons (Fsp3) is 0.308. The van der Waals surface area contributed by atoms with Crippen molar-refractivity contribution in [2.45, 2.75) is 13.8 Å². The van der Waals surface area contributed by atoms with E-state index in [-0.39, 0.29) is 5.02 Å². The lowest BCUT2D eigenvalue weighted by molar-refractivity contribution is 0.618. The van der Waals surface area contributed by atoms with E-state index in [1.165, 1.54) is 6.07 Å². The van der Waals surface area contributed by atoms with E-state index in [4.69, 9.17) is 11.6 Å². The average Bonchev–Trinajstić information content (AvgIpc) is 2.78. The van der Waals surface area contributed by atoms with Crippen LogP contribution in [0.15, 0.2) is 30.6 Å². The molecule has 2 rings (SSSR count). The van der Waals surface area contributed by atoms with E-state index in [2.05, 4.69) is 24.1 Å². The topological polar surface area (TPSA) is 29.9 Å². The van der Waals surface area contributed by atoms with E-state index in [0.29, 0.717) is 17.6 Å². The fourth-order valence-electron chi connectivity index (χ4n) is 1.60. The first-order valence-electron chi connectivity index (χ1n) is 5.81. The van der Waals surface area contributed by atoms with Crippen LogP contribution in [-0.4, -0.2) is 16.1 Å². The summed E-state index contributed by atoms with van der Waals surface area (Å²) in [5.41, 5.74) is 0.395. The van der Waals surface area contributed by atoms with Gasteiger partial charge in [0.2, 0.25) is 5.95 Å². The molecule has 1 heterocycles. The summed E-state index contributed by atoms with van der Waals surface area (Å²) in [6.07, 6.45) is 3.33. The highest BCUT2D eigenvalue weighted by atomic mass is 35.5. The molecule has 1 N–H and O–H groups in total. The van der Waals surface area contributed by atoms with E-state index < -0.39 is 5.82 Å². The largest absolute Gasteiger partial charge is 0.355 e. The summed E-state index contributed by atoms with van der Waals surface area (Å²) in [5.74, 6) is 0.661. The number of hydrogen-bond acceptors (Lipinski definition) is 2. The molecule has 96 valence electrons. The van der Waals surface area contributed by atoms with Gasteiger partial charge in [-0.15, -0.1) is 0 Å². The third kappa shape index (κ3) is 2.64. The van der Waals surface area contributed by atoms with Crippen LogP contribution in [0.5, 0.6) is 0 Å². The third-order valence-corrected chi connectivity index (χ3v) is 2.79. The molecule has 0 aliphatic heterocycles. The lowest BCUT2D eigenvalue weighted by atomic mass is 10.2. The molecule has 18 heavy (non-hydrogen) atoms. The van der Waals surface area contributed by atoms with Gasteiger partial charge in [-0.05, 0) is 18.1 Å². The molecule has 1 aromatic carbocycles. The average molecular weight is 268 g/mol. The zero-order valence-electron chi connectivity index (χ0n) is 10.3. The third-order valence-electron chi connectivity index (χ3n) is 2.50. The maximum absolute atomic E-state index is 13.9. The van der Waals surface area contributed by atoms with Crippen LogP contribution >= 0.6 is 11.6 Å². The Hall–Kier alpha value is -1.55. The van der Waals surface area contributed by atoms with Crippen LogP contribution < -0.4 is 5.32 Å². The summed E-state index contributed by atoms with van der Waals surface area (Å²) in [6.45, 7) is 4.97. The smallest absolute Gasteiger partial charge is 0.207 e. The van der Waals surface area contributed by atoms with Crippen LogP contribution in [0, 0.1) is 11.7 Å². The molecular weight excluding hydrogens is 253 g/mol. The molecule has 0 saturated carbocycles. The number of rotatable bonds is 4. The van der Waals surface area contributed by atoms with Gasteiger partial charge in [0, 0.05) is 18.9 Å². The Balaban J connectivity index is 2.33. The van der Waals surface area contributed by atoms with Crippen molar-refractivity contribution in [3.63, 3.8) is 0 Å². The van der Waals surface area contributed by atoms with Gasteiger partial charge >= 0.3 is 0 Å². The number of aromatic nitrogens is 2. The van der Waals surface area contributed by atoms with Crippen LogP contribution in [-0.2, 0) is 0 Å². The van der Waals surface area contributed by atoms with Crippen molar-refractivity contribution in [3.8, 4) is 5.69 Å². The Kier molecular flexibility index (Phi) is 3.87. The predicted molar refractivity (Wildman–Crippen MR) is 71.9 cm³/mol. The zero-order valence-corrected chi connectivity index (χ0v) is 11.1. The first-order chi connectivity index (χ1) is 8.59. The summed E-state index contributed by atoms with van der Waals surface area (Å²) >= 11 is 5.78. The zero-order chi connectivity index (χ0) is 13.1. The van der Waals surface area contributed by atoms with Crippen molar-refractivity contribution < 1.29 is 4.39 Å². The van der Waals surface area contributed by atoms with Crippen molar-refractivity contribution in [1.29, 1.82) is 0 Å². The lowest BCUT2D eigenvalue weighted by Gasteiger charge is -2.12. The minimum absolute atomic E-state index is 0.107. The van der Waals surface area contributed by atoms with Gasteiger partial charge in [0.05, 0.1) is 10.7 Å². The molecule has 0 unspecified atom stereocenters. The first kappa shape index (κ1) is 12.9. The van der Waals surface area contributed by atoms with Gasteiger partial charge in [0.1, 0.15) is 0 Å². The molecule has 1 aromatic heterocycles. The van der Waals surface area contributed by atoms with Crippen molar-refractivity contribution in [2.24, 2.45) is 5.92 Å². The quantitative estimate of drug-likeness (QED) is 0.915.